The number of primary amides is 1. The fourth-order valence-corrected chi connectivity index (χ4v) is 9.28. The molecule has 0 unspecified atom stereocenters. The minimum atomic E-state index is -1.75. The molecule has 0 aliphatic heterocycles. The van der Waals surface area contributed by atoms with E-state index in [1.165, 1.54) is 77.3 Å². The maximum atomic E-state index is 10.6. The lowest BCUT2D eigenvalue weighted by Crippen LogP contribution is -2.33. The minimum absolute atomic E-state index is 0.520. The summed E-state index contributed by atoms with van der Waals surface area (Å²) in [5, 5.41) is 4.46. The zero-order valence-electron chi connectivity index (χ0n) is 22.8. The SMILES string of the molecule is Cc1ccc([P+](CCCCCCCCCCONC(N)=O)(c2ccc(C)cc2)c2ccc(C)cc2)cc1. The number of benzene rings is 3. The first-order chi connectivity index (χ1) is 17.9. The third-order valence-electron chi connectivity index (χ3n) is 7.09. The van der Waals surface area contributed by atoms with Crippen molar-refractivity contribution in [3.05, 3.63) is 89.5 Å². The van der Waals surface area contributed by atoms with Crippen molar-refractivity contribution < 1.29 is 9.63 Å². The second-order valence-electron chi connectivity index (χ2n) is 10.2. The lowest BCUT2D eigenvalue weighted by atomic mass is 10.1. The lowest BCUT2D eigenvalue weighted by Gasteiger charge is -2.28. The molecular weight excluding hydrogens is 475 g/mol. The Morgan fingerprint density at radius 2 is 0.973 bits per heavy atom. The summed E-state index contributed by atoms with van der Waals surface area (Å²) in [6.07, 6.45) is 10.7. The predicted molar refractivity (Wildman–Crippen MR) is 160 cm³/mol. The Morgan fingerprint density at radius 3 is 1.35 bits per heavy atom. The Morgan fingerprint density at radius 1 is 0.622 bits per heavy atom. The minimum Gasteiger partial charge on any atom is -0.350 e. The summed E-state index contributed by atoms with van der Waals surface area (Å²) in [6, 6.07) is 27.3. The van der Waals surface area contributed by atoms with Crippen LogP contribution in [-0.4, -0.2) is 18.8 Å². The summed E-state index contributed by atoms with van der Waals surface area (Å²) >= 11 is 0. The molecule has 37 heavy (non-hydrogen) atoms. The van der Waals surface area contributed by atoms with Crippen LogP contribution in [0.25, 0.3) is 0 Å². The molecule has 3 aromatic rings. The van der Waals surface area contributed by atoms with Gasteiger partial charge in [0.05, 0.1) is 12.8 Å². The molecule has 0 fully saturated rings. The predicted octanol–water partition coefficient (Wildman–Crippen LogP) is 6.63. The molecule has 0 saturated carbocycles. The highest BCUT2D eigenvalue weighted by molar-refractivity contribution is 7.95. The van der Waals surface area contributed by atoms with Gasteiger partial charge >= 0.3 is 6.03 Å². The van der Waals surface area contributed by atoms with Gasteiger partial charge in [-0.15, -0.1) is 0 Å². The van der Waals surface area contributed by atoms with E-state index in [4.69, 9.17) is 10.6 Å². The molecule has 0 bridgehead atoms. The van der Waals surface area contributed by atoms with E-state index in [1.807, 2.05) is 0 Å². The van der Waals surface area contributed by atoms with Gasteiger partial charge in [-0.3, -0.25) is 4.84 Å². The Hall–Kier alpha value is -2.68. The second-order valence-corrected chi connectivity index (χ2v) is 13.8. The maximum absolute atomic E-state index is 10.6. The maximum Gasteiger partial charge on any atom is 0.336 e. The van der Waals surface area contributed by atoms with Gasteiger partial charge in [0.1, 0.15) is 23.2 Å². The summed E-state index contributed by atoms with van der Waals surface area (Å²) in [6.45, 7) is 7.04. The van der Waals surface area contributed by atoms with Crippen LogP contribution in [0.15, 0.2) is 72.8 Å². The van der Waals surface area contributed by atoms with E-state index in [-0.39, 0.29) is 0 Å². The normalized spacial score (nSPS) is 11.4. The van der Waals surface area contributed by atoms with Crippen LogP contribution in [0.3, 0.4) is 0 Å². The van der Waals surface area contributed by atoms with Gasteiger partial charge < -0.3 is 5.73 Å². The fourth-order valence-electron chi connectivity index (χ4n) is 4.94. The number of unbranched alkanes of at least 4 members (excludes halogenated alkanes) is 7. The molecule has 0 atom stereocenters. The summed E-state index contributed by atoms with van der Waals surface area (Å²) < 4.78 is 0. The monoisotopic (exact) mass is 519 g/mol. The molecule has 0 heterocycles. The Labute approximate surface area is 224 Å². The van der Waals surface area contributed by atoms with Crippen LogP contribution in [0.5, 0.6) is 0 Å². The molecule has 0 saturated heterocycles. The Balaban J connectivity index is 1.65. The highest BCUT2D eigenvalue weighted by atomic mass is 31.2. The van der Waals surface area contributed by atoms with Crippen LogP contribution in [-0.2, 0) is 4.84 Å². The van der Waals surface area contributed by atoms with E-state index in [0.29, 0.717) is 6.61 Å². The molecule has 3 rings (SSSR count). The largest absolute Gasteiger partial charge is 0.350 e. The summed E-state index contributed by atoms with van der Waals surface area (Å²) in [7, 11) is -1.75. The van der Waals surface area contributed by atoms with Crippen LogP contribution in [0.4, 0.5) is 4.79 Å². The fraction of sp³-hybridized carbons (Fsp3) is 0.406. The van der Waals surface area contributed by atoms with Crippen molar-refractivity contribution in [3.63, 3.8) is 0 Å². The number of nitrogens with two attached hydrogens (primary N) is 1. The van der Waals surface area contributed by atoms with Crippen LogP contribution < -0.4 is 27.1 Å². The number of carbonyl (C=O) groups excluding carboxylic acids is 1. The molecule has 0 aliphatic carbocycles. The number of hydrogen-bond acceptors (Lipinski definition) is 2. The van der Waals surface area contributed by atoms with Crippen molar-refractivity contribution in [2.75, 3.05) is 12.8 Å². The average Bonchev–Trinajstić information content (AvgIpc) is 2.89. The molecule has 0 aromatic heterocycles. The van der Waals surface area contributed by atoms with Gasteiger partial charge in [0, 0.05) is 0 Å². The third kappa shape index (κ3) is 8.69. The summed E-state index contributed by atoms with van der Waals surface area (Å²) in [5.41, 5.74) is 11.1. The van der Waals surface area contributed by atoms with Gasteiger partial charge in [-0.25, -0.2) is 10.3 Å². The van der Waals surface area contributed by atoms with Gasteiger partial charge in [-0.2, -0.15) is 0 Å². The first kappa shape index (κ1) is 28.9. The van der Waals surface area contributed by atoms with Crippen molar-refractivity contribution in [3.8, 4) is 0 Å². The molecule has 4 nitrogen and oxygen atoms in total. The summed E-state index contributed by atoms with van der Waals surface area (Å²) in [5.74, 6) is 0. The van der Waals surface area contributed by atoms with Crippen LogP contribution in [0, 0.1) is 20.8 Å². The van der Waals surface area contributed by atoms with Crippen LogP contribution in [0.1, 0.15) is 68.1 Å². The number of urea groups is 1. The van der Waals surface area contributed by atoms with E-state index < -0.39 is 13.3 Å². The van der Waals surface area contributed by atoms with E-state index in [2.05, 4.69) is 99.0 Å². The highest BCUT2D eigenvalue weighted by Gasteiger charge is 2.44. The Kier molecular flexibility index (Phi) is 11.6. The number of hydrogen-bond donors (Lipinski definition) is 2. The molecule has 0 aliphatic rings. The molecule has 0 spiro atoms. The zero-order valence-corrected chi connectivity index (χ0v) is 23.7. The molecule has 3 N–H and O–H groups in total. The number of carbonyl (C=O) groups is 1. The van der Waals surface area contributed by atoms with Crippen LogP contribution in [0.2, 0.25) is 0 Å². The van der Waals surface area contributed by atoms with E-state index in [0.717, 1.165) is 12.8 Å². The molecular formula is C32H44N2O2P+. The summed E-state index contributed by atoms with van der Waals surface area (Å²) in [4.78, 5) is 15.6. The molecule has 2 amide bonds. The second kappa shape index (κ2) is 14.9. The molecule has 3 aromatic carbocycles. The quantitative estimate of drug-likeness (QED) is 0.135. The molecule has 5 heteroatoms. The number of amides is 2. The number of rotatable bonds is 15. The van der Waals surface area contributed by atoms with Gasteiger partial charge in [-0.1, -0.05) is 85.2 Å². The lowest BCUT2D eigenvalue weighted by molar-refractivity contribution is 0.0616. The molecule has 0 radical (unpaired) electrons. The average molecular weight is 520 g/mol. The smallest absolute Gasteiger partial charge is 0.336 e. The van der Waals surface area contributed by atoms with Crippen molar-refractivity contribution in [2.45, 2.75) is 72.1 Å². The standard InChI is InChI=1S/C32H43N2O2P/c1-26-12-18-29(19-13-26)37(30-20-14-27(2)15-21-30,31-22-16-28(3)17-23-31)25-11-9-7-5-4-6-8-10-24-36-34-32(33)35/h12-23H,4-11,24-25H2,1-3H3,(H2-,33,34,35)/p+1. The van der Waals surface area contributed by atoms with Crippen molar-refractivity contribution >= 4 is 29.2 Å². The van der Waals surface area contributed by atoms with Crippen molar-refractivity contribution in [2.24, 2.45) is 5.73 Å². The van der Waals surface area contributed by atoms with Crippen molar-refractivity contribution in [1.82, 2.24) is 5.48 Å². The first-order valence-corrected chi connectivity index (χ1v) is 15.7. The van der Waals surface area contributed by atoms with Crippen LogP contribution >= 0.6 is 7.26 Å². The topological polar surface area (TPSA) is 64.3 Å². The van der Waals surface area contributed by atoms with E-state index in [1.54, 1.807) is 0 Å². The van der Waals surface area contributed by atoms with E-state index >= 15 is 0 Å². The van der Waals surface area contributed by atoms with Gasteiger partial charge in [0.25, 0.3) is 0 Å². The number of hydroxylamine groups is 1. The highest BCUT2D eigenvalue weighted by Crippen LogP contribution is 2.56. The van der Waals surface area contributed by atoms with E-state index in [9.17, 15) is 4.79 Å². The van der Waals surface area contributed by atoms with Gasteiger partial charge in [0.15, 0.2) is 0 Å². The molecule has 198 valence electrons. The van der Waals surface area contributed by atoms with Gasteiger partial charge in [-0.05, 0) is 76.4 Å². The first-order valence-electron chi connectivity index (χ1n) is 13.7. The Bertz CT molecular complexity index is 968. The number of aryl methyl sites for hydroxylation is 3. The van der Waals surface area contributed by atoms with Gasteiger partial charge in [0.2, 0.25) is 0 Å². The third-order valence-corrected chi connectivity index (χ3v) is 11.6. The zero-order chi connectivity index (χ0) is 26.5. The number of nitrogens with one attached hydrogen (secondary N) is 1. The van der Waals surface area contributed by atoms with Crippen molar-refractivity contribution in [1.29, 1.82) is 0 Å².